The van der Waals surface area contributed by atoms with Crippen molar-refractivity contribution in [3.8, 4) is 0 Å². The summed E-state index contributed by atoms with van der Waals surface area (Å²) in [5.41, 5.74) is 0. The van der Waals surface area contributed by atoms with E-state index in [0.717, 1.165) is 0 Å². The topological polar surface area (TPSA) is 0 Å². The van der Waals surface area contributed by atoms with Gasteiger partial charge in [-0.05, 0) is 12.8 Å². The van der Waals surface area contributed by atoms with E-state index < -0.39 is 0 Å². The zero-order valence-corrected chi connectivity index (χ0v) is 10.1. The van der Waals surface area contributed by atoms with Crippen LogP contribution in [-0.4, -0.2) is 11.5 Å². The second-order valence-corrected chi connectivity index (χ2v) is 5.76. The Bertz CT molecular complexity index is 64.2. The molecule has 12 heavy (non-hydrogen) atoms. The lowest BCUT2D eigenvalue weighted by atomic mass is 10.2. The normalized spacial score (nSPS) is 10.5. The van der Waals surface area contributed by atoms with Crippen LogP contribution in [0.1, 0.15) is 52.4 Å². The minimum absolute atomic E-state index is 1.34. The second-order valence-electron chi connectivity index (χ2n) is 3.06. The van der Waals surface area contributed by atoms with Gasteiger partial charge in [0.15, 0.2) is 0 Å². The van der Waals surface area contributed by atoms with Gasteiger partial charge in [-0.2, -0.15) is 0 Å². The molecule has 0 spiro atoms. The lowest BCUT2D eigenvalue weighted by Crippen LogP contribution is -1.79. The van der Waals surface area contributed by atoms with Crippen LogP contribution < -0.4 is 0 Å². The highest BCUT2D eigenvalue weighted by atomic mass is 33.1. The van der Waals surface area contributed by atoms with E-state index >= 15 is 0 Å². The van der Waals surface area contributed by atoms with E-state index in [4.69, 9.17) is 0 Å². The van der Waals surface area contributed by atoms with Gasteiger partial charge < -0.3 is 0 Å². The van der Waals surface area contributed by atoms with Gasteiger partial charge in [-0.25, -0.2) is 0 Å². The van der Waals surface area contributed by atoms with Gasteiger partial charge in [0.1, 0.15) is 0 Å². The lowest BCUT2D eigenvalue weighted by molar-refractivity contribution is 0.707. The first-order chi connectivity index (χ1) is 5.91. The molecule has 0 bridgehead atoms. The molecule has 0 aliphatic rings. The molecule has 0 amide bonds. The van der Waals surface area contributed by atoms with Crippen LogP contribution in [0.25, 0.3) is 0 Å². The smallest absolute Gasteiger partial charge is 0.00369 e. The molecular weight excluding hydrogens is 184 g/mol. The maximum absolute atomic E-state index is 2.27. The first-order valence-electron chi connectivity index (χ1n) is 5.16. The van der Waals surface area contributed by atoms with Gasteiger partial charge in [0.25, 0.3) is 0 Å². The van der Waals surface area contributed by atoms with Crippen LogP contribution in [0, 0.1) is 0 Å². The van der Waals surface area contributed by atoms with Crippen molar-refractivity contribution < 1.29 is 0 Å². The van der Waals surface area contributed by atoms with Crippen LogP contribution in [0.5, 0.6) is 0 Å². The quantitative estimate of drug-likeness (QED) is 0.394. The summed E-state index contributed by atoms with van der Waals surface area (Å²) in [7, 11) is 4.11. The molecule has 74 valence electrons. The molecule has 0 unspecified atom stereocenters. The highest BCUT2D eigenvalue weighted by Crippen LogP contribution is 2.23. The van der Waals surface area contributed by atoms with E-state index in [9.17, 15) is 0 Å². The van der Waals surface area contributed by atoms with Crippen molar-refractivity contribution in [2.45, 2.75) is 52.4 Å². The summed E-state index contributed by atoms with van der Waals surface area (Å²) in [4.78, 5) is 0. The molecule has 0 saturated heterocycles. The van der Waals surface area contributed by atoms with Crippen LogP contribution in [0.15, 0.2) is 0 Å². The predicted octanol–water partition coefficient (Wildman–Crippen LogP) is 4.75. The molecular formula is C10H22S2. The number of hydrogen-bond donors (Lipinski definition) is 0. The number of hydrogen-bond acceptors (Lipinski definition) is 2. The lowest BCUT2D eigenvalue weighted by Gasteiger charge is -1.99. The van der Waals surface area contributed by atoms with Gasteiger partial charge in [0, 0.05) is 11.5 Å². The van der Waals surface area contributed by atoms with Gasteiger partial charge in [0.2, 0.25) is 0 Å². The molecule has 0 fully saturated rings. The van der Waals surface area contributed by atoms with Gasteiger partial charge >= 0.3 is 0 Å². The van der Waals surface area contributed by atoms with Crippen molar-refractivity contribution in [2.75, 3.05) is 11.5 Å². The summed E-state index contributed by atoms with van der Waals surface area (Å²) in [6.07, 6.45) is 8.33. The molecule has 0 aliphatic heterocycles. The van der Waals surface area contributed by atoms with E-state index in [0.29, 0.717) is 0 Å². The summed E-state index contributed by atoms with van der Waals surface area (Å²) in [5, 5.41) is 0. The zero-order chi connectivity index (χ0) is 9.07. The van der Waals surface area contributed by atoms with Gasteiger partial charge in [-0.1, -0.05) is 61.1 Å². The van der Waals surface area contributed by atoms with Crippen molar-refractivity contribution in [3.05, 3.63) is 0 Å². The monoisotopic (exact) mass is 206 g/mol. The Morgan fingerprint density at radius 2 is 1.25 bits per heavy atom. The first-order valence-corrected chi connectivity index (χ1v) is 7.65. The highest BCUT2D eigenvalue weighted by molar-refractivity contribution is 8.76. The SMILES string of the molecule is CCCCCCSSCCCC. The predicted molar refractivity (Wildman–Crippen MR) is 64.0 cm³/mol. The fourth-order valence-electron chi connectivity index (χ4n) is 0.909. The molecule has 0 N–H and O–H groups in total. The molecule has 0 saturated carbocycles. The molecule has 0 atom stereocenters. The largest absolute Gasteiger partial charge is 0.0942 e. The minimum Gasteiger partial charge on any atom is -0.0942 e. The number of unbranched alkanes of at least 4 members (excludes halogenated alkanes) is 4. The fourth-order valence-corrected chi connectivity index (χ4v) is 3.29. The van der Waals surface area contributed by atoms with Crippen molar-refractivity contribution in [1.82, 2.24) is 0 Å². The average molecular weight is 206 g/mol. The standard InChI is InChI=1S/C10H22S2/c1-3-5-7-8-10-12-11-9-6-4-2/h3-10H2,1-2H3. The Morgan fingerprint density at radius 1 is 0.667 bits per heavy atom. The average Bonchev–Trinajstić information content (AvgIpc) is 2.10. The maximum atomic E-state index is 2.27. The van der Waals surface area contributed by atoms with Crippen LogP contribution in [0.2, 0.25) is 0 Å². The summed E-state index contributed by atoms with van der Waals surface area (Å²) in [5.74, 6) is 2.70. The Kier molecular flexibility index (Phi) is 12.4. The van der Waals surface area contributed by atoms with Crippen molar-refractivity contribution in [1.29, 1.82) is 0 Å². The van der Waals surface area contributed by atoms with Gasteiger partial charge in [0.05, 0.1) is 0 Å². The fraction of sp³-hybridized carbons (Fsp3) is 1.00. The van der Waals surface area contributed by atoms with Crippen LogP contribution >= 0.6 is 21.6 Å². The summed E-state index contributed by atoms with van der Waals surface area (Å²) in [6, 6.07) is 0. The maximum Gasteiger partial charge on any atom is 0.00369 e. The molecule has 0 rings (SSSR count). The highest BCUT2D eigenvalue weighted by Gasteiger charge is 1.90. The second kappa shape index (κ2) is 11.7. The first kappa shape index (κ1) is 12.7. The molecule has 0 aliphatic carbocycles. The van der Waals surface area contributed by atoms with Crippen LogP contribution in [0.4, 0.5) is 0 Å². The Hall–Kier alpha value is 0.700. The third kappa shape index (κ3) is 10.7. The Labute approximate surface area is 85.7 Å². The van der Waals surface area contributed by atoms with E-state index in [1.54, 1.807) is 0 Å². The molecule has 0 aromatic rings. The number of rotatable bonds is 9. The zero-order valence-electron chi connectivity index (χ0n) is 8.47. The molecule has 0 nitrogen and oxygen atoms in total. The summed E-state index contributed by atoms with van der Waals surface area (Å²) in [6.45, 7) is 4.52. The van der Waals surface area contributed by atoms with E-state index in [2.05, 4.69) is 35.4 Å². The van der Waals surface area contributed by atoms with Crippen molar-refractivity contribution in [2.24, 2.45) is 0 Å². The Morgan fingerprint density at radius 3 is 1.83 bits per heavy atom. The van der Waals surface area contributed by atoms with Crippen LogP contribution in [0.3, 0.4) is 0 Å². The van der Waals surface area contributed by atoms with E-state index in [1.165, 1.54) is 50.0 Å². The summed E-state index contributed by atoms with van der Waals surface area (Å²) < 4.78 is 0. The molecule has 0 aromatic carbocycles. The Balaban J connectivity index is 2.73. The minimum atomic E-state index is 1.34. The molecule has 2 heteroatoms. The summed E-state index contributed by atoms with van der Waals surface area (Å²) >= 11 is 0. The van der Waals surface area contributed by atoms with Crippen molar-refractivity contribution in [3.63, 3.8) is 0 Å². The van der Waals surface area contributed by atoms with E-state index in [1.807, 2.05) is 0 Å². The molecule has 0 aromatic heterocycles. The molecule has 0 heterocycles. The third-order valence-electron chi connectivity index (χ3n) is 1.75. The molecule has 0 radical (unpaired) electrons. The van der Waals surface area contributed by atoms with Gasteiger partial charge in [-0.15, -0.1) is 0 Å². The third-order valence-corrected chi connectivity index (χ3v) is 4.32. The van der Waals surface area contributed by atoms with Crippen molar-refractivity contribution >= 4 is 21.6 Å². The van der Waals surface area contributed by atoms with Gasteiger partial charge in [-0.3, -0.25) is 0 Å². The van der Waals surface area contributed by atoms with Crippen LogP contribution in [-0.2, 0) is 0 Å². The van der Waals surface area contributed by atoms with E-state index in [-0.39, 0.29) is 0 Å².